The highest BCUT2D eigenvalue weighted by atomic mass is 16.6. The van der Waals surface area contributed by atoms with Crippen molar-refractivity contribution in [2.75, 3.05) is 13.2 Å². The molecule has 1 unspecified atom stereocenters. The lowest BCUT2D eigenvalue weighted by Crippen LogP contribution is -2.30. The van der Waals surface area contributed by atoms with Crippen molar-refractivity contribution in [2.45, 2.75) is 297 Å². The summed E-state index contributed by atoms with van der Waals surface area (Å²) in [5, 5.41) is 0. The molecule has 0 saturated heterocycles. The van der Waals surface area contributed by atoms with E-state index in [2.05, 4.69) is 45.1 Å². The molecule has 0 N–H and O–H groups in total. The Morgan fingerprint density at radius 3 is 0.820 bits per heavy atom. The third-order valence-corrected chi connectivity index (χ3v) is 11.9. The van der Waals surface area contributed by atoms with E-state index in [1.54, 1.807) is 0 Å². The molecular weight excluding hydrogens is 757 g/mol. The molecule has 0 fully saturated rings. The topological polar surface area (TPSA) is 78.9 Å². The van der Waals surface area contributed by atoms with E-state index in [1.807, 2.05) is 0 Å². The smallest absolute Gasteiger partial charge is 0.306 e. The molecule has 0 aliphatic carbocycles. The van der Waals surface area contributed by atoms with Gasteiger partial charge in [-0.2, -0.15) is 0 Å². The SMILES string of the molecule is CCCCCCCC/C=C\CCCCCCCC(=O)OC(COC(=O)CCCCCCC/C=C\CCCCCCCCC)COC(=O)CCCCCCCCCCCCCC. The first-order valence-electron chi connectivity index (χ1n) is 26.8. The Hall–Kier alpha value is -2.11. The van der Waals surface area contributed by atoms with Crippen LogP contribution in [-0.2, 0) is 28.6 Å². The fourth-order valence-corrected chi connectivity index (χ4v) is 7.84. The molecule has 0 spiro atoms. The van der Waals surface area contributed by atoms with Crippen LogP contribution < -0.4 is 0 Å². The lowest BCUT2D eigenvalue weighted by Gasteiger charge is -2.18. The van der Waals surface area contributed by atoms with Crippen LogP contribution in [-0.4, -0.2) is 37.2 Å². The highest BCUT2D eigenvalue weighted by molar-refractivity contribution is 5.71. The summed E-state index contributed by atoms with van der Waals surface area (Å²) in [6.07, 6.45) is 57.3. The first-order valence-corrected chi connectivity index (χ1v) is 26.8. The van der Waals surface area contributed by atoms with Gasteiger partial charge in [-0.05, 0) is 70.6 Å². The molecule has 0 aliphatic heterocycles. The molecule has 0 amide bonds. The minimum Gasteiger partial charge on any atom is -0.462 e. The molecule has 61 heavy (non-hydrogen) atoms. The summed E-state index contributed by atoms with van der Waals surface area (Å²) in [6.45, 7) is 6.64. The summed E-state index contributed by atoms with van der Waals surface area (Å²) in [5.74, 6) is -0.877. The number of carbonyl (C=O) groups excluding carboxylic acids is 3. The molecule has 358 valence electrons. The molecule has 0 saturated carbocycles. The monoisotopic (exact) mass is 859 g/mol. The van der Waals surface area contributed by atoms with Crippen LogP contribution in [0.1, 0.15) is 290 Å². The van der Waals surface area contributed by atoms with Gasteiger partial charge in [-0.3, -0.25) is 14.4 Å². The Morgan fingerprint density at radius 1 is 0.311 bits per heavy atom. The van der Waals surface area contributed by atoms with Gasteiger partial charge in [-0.15, -0.1) is 0 Å². The van der Waals surface area contributed by atoms with Crippen molar-refractivity contribution >= 4 is 17.9 Å². The quantitative estimate of drug-likeness (QED) is 0.0262. The Kier molecular flexibility index (Phi) is 48.8. The molecular formula is C55H102O6. The molecule has 6 nitrogen and oxygen atoms in total. The minimum atomic E-state index is -0.774. The molecule has 1 atom stereocenters. The zero-order chi connectivity index (χ0) is 44.4. The number of allylic oxidation sites excluding steroid dienone is 4. The van der Waals surface area contributed by atoms with Gasteiger partial charge in [0.15, 0.2) is 6.10 Å². The predicted octanol–water partition coefficient (Wildman–Crippen LogP) is 17.5. The maximum absolute atomic E-state index is 12.8. The van der Waals surface area contributed by atoms with Crippen LogP contribution in [0.4, 0.5) is 0 Å². The van der Waals surface area contributed by atoms with E-state index in [1.165, 1.54) is 180 Å². The maximum atomic E-state index is 12.8. The van der Waals surface area contributed by atoms with Crippen LogP contribution in [0.15, 0.2) is 24.3 Å². The van der Waals surface area contributed by atoms with Gasteiger partial charge in [0, 0.05) is 19.3 Å². The molecule has 0 aromatic rings. The number of hydrogen-bond acceptors (Lipinski definition) is 6. The van der Waals surface area contributed by atoms with Crippen molar-refractivity contribution in [3.63, 3.8) is 0 Å². The van der Waals surface area contributed by atoms with E-state index < -0.39 is 6.10 Å². The van der Waals surface area contributed by atoms with Crippen molar-refractivity contribution in [3.8, 4) is 0 Å². The van der Waals surface area contributed by atoms with Crippen LogP contribution in [0.5, 0.6) is 0 Å². The van der Waals surface area contributed by atoms with E-state index >= 15 is 0 Å². The average molecular weight is 859 g/mol. The van der Waals surface area contributed by atoms with Gasteiger partial charge in [0.25, 0.3) is 0 Å². The second-order valence-corrected chi connectivity index (χ2v) is 18.1. The number of esters is 3. The van der Waals surface area contributed by atoms with Gasteiger partial charge in [-0.25, -0.2) is 0 Å². The number of ether oxygens (including phenoxy) is 3. The lowest BCUT2D eigenvalue weighted by molar-refractivity contribution is -0.167. The first kappa shape index (κ1) is 58.9. The maximum Gasteiger partial charge on any atom is 0.306 e. The third-order valence-electron chi connectivity index (χ3n) is 11.9. The molecule has 0 bridgehead atoms. The number of unbranched alkanes of at least 4 members (excludes halogenated alkanes) is 34. The lowest BCUT2D eigenvalue weighted by atomic mass is 10.0. The number of hydrogen-bond donors (Lipinski definition) is 0. The predicted molar refractivity (Wildman–Crippen MR) is 261 cm³/mol. The van der Waals surface area contributed by atoms with Crippen LogP contribution >= 0.6 is 0 Å². The first-order chi connectivity index (χ1) is 30.0. The zero-order valence-electron chi connectivity index (χ0n) is 40.9. The second-order valence-electron chi connectivity index (χ2n) is 18.1. The van der Waals surface area contributed by atoms with Gasteiger partial charge >= 0.3 is 17.9 Å². The Bertz CT molecular complexity index is 989. The summed E-state index contributed by atoms with van der Waals surface area (Å²) in [5.41, 5.74) is 0. The van der Waals surface area contributed by atoms with Crippen molar-refractivity contribution in [2.24, 2.45) is 0 Å². The van der Waals surface area contributed by atoms with Crippen LogP contribution in [0.2, 0.25) is 0 Å². The normalized spacial score (nSPS) is 12.1. The van der Waals surface area contributed by atoms with Gasteiger partial charge < -0.3 is 14.2 Å². The summed E-state index contributed by atoms with van der Waals surface area (Å²) in [6, 6.07) is 0. The van der Waals surface area contributed by atoms with E-state index in [9.17, 15) is 14.4 Å². The third kappa shape index (κ3) is 48.8. The van der Waals surface area contributed by atoms with E-state index in [-0.39, 0.29) is 31.1 Å². The summed E-state index contributed by atoms with van der Waals surface area (Å²) < 4.78 is 16.8. The van der Waals surface area contributed by atoms with E-state index in [4.69, 9.17) is 14.2 Å². The molecule has 0 heterocycles. The molecule has 0 aromatic heterocycles. The van der Waals surface area contributed by atoms with Crippen molar-refractivity contribution in [3.05, 3.63) is 24.3 Å². The molecule has 0 aliphatic rings. The van der Waals surface area contributed by atoms with E-state index in [0.29, 0.717) is 19.3 Å². The summed E-state index contributed by atoms with van der Waals surface area (Å²) >= 11 is 0. The average Bonchev–Trinajstić information content (AvgIpc) is 3.26. The molecule has 0 radical (unpaired) electrons. The Morgan fingerprint density at radius 2 is 0.541 bits per heavy atom. The summed E-state index contributed by atoms with van der Waals surface area (Å²) in [7, 11) is 0. The largest absolute Gasteiger partial charge is 0.462 e. The van der Waals surface area contributed by atoms with Crippen LogP contribution in [0.3, 0.4) is 0 Å². The fraction of sp³-hybridized carbons (Fsp3) is 0.873. The second kappa shape index (κ2) is 50.5. The Labute approximate surface area is 379 Å². The van der Waals surface area contributed by atoms with Crippen LogP contribution in [0, 0.1) is 0 Å². The van der Waals surface area contributed by atoms with Crippen molar-refractivity contribution < 1.29 is 28.6 Å². The van der Waals surface area contributed by atoms with Gasteiger partial charge in [0.1, 0.15) is 13.2 Å². The zero-order valence-corrected chi connectivity index (χ0v) is 40.9. The van der Waals surface area contributed by atoms with Crippen LogP contribution in [0.25, 0.3) is 0 Å². The fourth-order valence-electron chi connectivity index (χ4n) is 7.84. The van der Waals surface area contributed by atoms with Crippen molar-refractivity contribution in [1.29, 1.82) is 0 Å². The number of carbonyl (C=O) groups is 3. The Balaban J connectivity index is 4.36. The highest BCUT2D eigenvalue weighted by Gasteiger charge is 2.19. The van der Waals surface area contributed by atoms with E-state index in [0.717, 1.165) is 70.6 Å². The van der Waals surface area contributed by atoms with Gasteiger partial charge in [-0.1, -0.05) is 225 Å². The van der Waals surface area contributed by atoms with Crippen molar-refractivity contribution in [1.82, 2.24) is 0 Å². The standard InChI is InChI=1S/C55H102O6/c1-4-7-10-13-16-19-22-25-27-29-30-33-36-39-42-45-48-54(57)60-51-52(50-59-53(56)47-44-41-38-35-32-24-21-18-15-12-9-6-3)61-55(58)49-46-43-40-37-34-31-28-26-23-20-17-14-11-8-5-2/h26-29,52H,4-25,30-51H2,1-3H3/b28-26-,29-27-. The minimum absolute atomic E-state index is 0.0734. The molecule has 6 heteroatoms. The van der Waals surface area contributed by atoms with Gasteiger partial charge in [0.2, 0.25) is 0 Å². The van der Waals surface area contributed by atoms with Gasteiger partial charge in [0.05, 0.1) is 0 Å². The molecule has 0 rings (SSSR count). The summed E-state index contributed by atoms with van der Waals surface area (Å²) in [4.78, 5) is 38.0. The molecule has 0 aromatic carbocycles. The highest BCUT2D eigenvalue weighted by Crippen LogP contribution is 2.15. The number of rotatable bonds is 49.